The minimum absolute atomic E-state index is 0.0241. The van der Waals surface area contributed by atoms with E-state index in [1.54, 1.807) is 0 Å². The Morgan fingerprint density at radius 2 is 1.62 bits per heavy atom. The summed E-state index contributed by atoms with van der Waals surface area (Å²) < 4.78 is 27.0. The van der Waals surface area contributed by atoms with Crippen molar-refractivity contribution in [1.29, 1.82) is 0 Å². The summed E-state index contributed by atoms with van der Waals surface area (Å²) in [5.74, 6) is -1.88. The lowest BCUT2D eigenvalue weighted by Crippen LogP contribution is -2.17. The minimum atomic E-state index is -0.960. The van der Waals surface area contributed by atoms with Gasteiger partial charge in [-0.05, 0) is 49.2 Å². The van der Waals surface area contributed by atoms with Crippen molar-refractivity contribution in [2.45, 2.75) is 12.8 Å². The van der Waals surface area contributed by atoms with E-state index in [2.05, 4.69) is 10.2 Å². The Kier molecular flexibility index (Phi) is 3.64. The van der Waals surface area contributed by atoms with E-state index in [1.165, 1.54) is 18.9 Å². The highest BCUT2D eigenvalue weighted by Crippen LogP contribution is 2.29. The molecule has 0 aliphatic carbocycles. The summed E-state index contributed by atoms with van der Waals surface area (Å²) in [4.78, 5) is 2.31. The van der Waals surface area contributed by atoms with Crippen molar-refractivity contribution in [2.75, 3.05) is 29.0 Å². The van der Waals surface area contributed by atoms with E-state index in [0.29, 0.717) is 5.69 Å². The molecule has 1 heterocycles. The smallest absolute Gasteiger partial charge is 0.184 e. The highest BCUT2D eigenvalue weighted by Gasteiger charge is 2.14. The van der Waals surface area contributed by atoms with Crippen LogP contribution >= 0.6 is 0 Å². The van der Waals surface area contributed by atoms with Gasteiger partial charge in [0.05, 0.1) is 5.69 Å². The van der Waals surface area contributed by atoms with Gasteiger partial charge >= 0.3 is 0 Å². The van der Waals surface area contributed by atoms with Crippen LogP contribution in [-0.2, 0) is 0 Å². The van der Waals surface area contributed by atoms with Crippen LogP contribution in [-0.4, -0.2) is 13.1 Å². The maximum absolute atomic E-state index is 13.7. The van der Waals surface area contributed by atoms with E-state index in [4.69, 9.17) is 5.73 Å². The van der Waals surface area contributed by atoms with Crippen LogP contribution in [0.4, 0.5) is 31.5 Å². The minimum Gasteiger partial charge on any atom is -0.397 e. The molecule has 1 aliphatic rings. The lowest BCUT2D eigenvalue weighted by atomic mass is 10.2. The number of nitrogen functional groups attached to an aromatic ring is 1. The molecule has 5 heteroatoms. The van der Waals surface area contributed by atoms with Gasteiger partial charge in [0.1, 0.15) is 5.69 Å². The molecule has 0 aromatic heterocycles. The molecule has 110 valence electrons. The third-order valence-corrected chi connectivity index (χ3v) is 3.73. The average molecular weight is 289 g/mol. The van der Waals surface area contributed by atoms with Crippen LogP contribution in [0.15, 0.2) is 36.4 Å². The number of halogens is 2. The fourth-order valence-electron chi connectivity index (χ4n) is 2.57. The van der Waals surface area contributed by atoms with Crippen LogP contribution < -0.4 is 16.0 Å². The van der Waals surface area contributed by atoms with E-state index in [-0.39, 0.29) is 11.4 Å². The van der Waals surface area contributed by atoms with Gasteiger partial charge in [-0.3, -0.25) is 0 Å². The van der Waals surface area contributed by atoms with Crippen LogP contribution in [0, 0.1) is 11.6 Å². The number of nitrogens with two attached hydrogens (primary N) is 1. The Morgan fingerprint density at radius 3 is 2.29 bits per heavy atom. The molecule has 0 spiro atoms. The van der Waals surface area contributed by atoms with Crippen molar-refractivity contribution in [3.63, 3.8) is 0 Å². The zero-order valence-electron chi connectivity index (χ0n) is 11.6. The van der Waals surface area contributed by atoms with Gasteiger partial charge in [-0.15, -0.1) is 0 Å². The summed E-state index contributed by atoms with van der Waals surface area (Å²) in [6.07, 6.45) is 2.43. The number of hydrogen-bond acceptors (Lipinski definition) is 3. The first kappa shape index (κ1) is 13.7. The van der Waals surface area contributed by atoms with Crippen molar-refractivity contribution in [2.24, 2.45) is 0 Å². The first-order chi connectivity index (χ1) is 10.1. The third kappa shape index (κ3) is 2.77. The topological polar surface area (TPSA) is 41.3 Å². The Labute approximate surface area is 122 Å². The van der Waals surface area contributed by atoms with Crippen LogP contribution in [0.1, 0.15) is 12.8 Å². The molecular formula is C16H17F2N3. The summed E-state index contributed by atoms with van der Waals surface area (Å²) in [6.45, 7) is 2.14. The van der Waals surface area contributed by atoms with Gasteiger partial charge in [0.2, 0.25) is 0 Å². The summed E-state index contributed by atoms with van der Waals surface area (Å²) in [5, 5.41) is 2.84. The summed E-state index contributed by atoms with van der Waals surface area (Å²) >= 11 is 0. The standard InChI is InChI=1S/C16H17F2N3/c17-13-7-8-14(19)16(15(13)18)20-11-3-5-12(6-4-11)21-9-1-2-10-21/h3-8,20H,1-2,9-10,19H2. The normalized spacial score (nSPS) is 14.5. The fourth-order valence-corrected chi connectivity index (χ4v) is 2.57. The van der Waals surface area contributed by atoms with Gasteiger partial charge in [-0.1, -0.05) is 0 Å². The van der Waals surface area contributed by atoms with Crippen LogP contribution in [0.25, 0.3) is 0 Å². The largest absolute Gasteiger partial charge is 0.397 e. The number of anilines is 4. The van der Waals surface area contributed by atoms with Crippen LogP contribution in [0.5, 0.6) is 0 Å². The van der Waals surface area contributed by atoms with E-state index in [9.17, 15) is 8.78 Å². The van der Waals surface area contributed by atoms with E-state index >= 15 is 0 Å². The van der Waals surface area contributed by atoms with Crippen molar-refractivity contribution in [3.8, 4) is 0 Å². The Morgan fingerprint density at radius 1 is 0.952 bits per heavy atom. The van der Waals surface area contributed by atoms with E-state index < -0.39 is 11.6 Å². The molecule has 3 nitrogen and oxygen atoms in total. The van der Waals surface area contributed by atoms with Gasteiger partial charge in [-0.25, -0.2) is 8.78 Å². The van der Waals surface area contributed by atoms with Crippen LogP contribution in [0.3, 0.4) is 0 Å². The van der Waals surface area contributed by atoms with Crippen molar-refractivity contribution in [1.82, 2.24) is 0 Å². The maximum Gasteiger partial charge on any atom is 0.184 e. The number of benzene rings is 2. The Bertz CT molecular complexity index is 635. The second kappa shape index (κ2) is 5.60. The Hall–Kier alpha value is -2.30. The molecule has 0 unspecified atom stereocenters. The van der Waals surface area contributed by atoms with Crippen LogP contribution in [0.2, 0.25) is 0 Å². The molecule has 3 N–H and O–H groups in total. The predicted octanol–water partition coefficient (Wildman–Crippen LogP) is 3.89. The molecule has 3 rings (SSSR count). The molecule has 1 fully saturated rings. The molecule has 1 aliphatic heterocycles. The quantitative estimate of drug-likeness (QED) is 0.842. The molecule has 21 heavy (non-hydrogen) atoms. The highest BCUT2D eigenvalue weighted by molar-refractivity contribution is 5.73. The van der Waals surface area contributed by atoms with Gasteiger partial charge in [0, 0.05) is 24.5 Å². The third-order valence-electron chi connectivity index (χ3n) is 3.73. The Balaban J connectivity index is 1.81. The van der Waals surface area contributed by atoms with E-state index in [1.807, 2.05) is 24.3 Å². The van der Waals surface area contributed by atoms with Gasteiger partial charge in [-0.2, -0.15) is 0 Å². The second-order valence-electron chi connectivity index (χ2n) is 5.19. The molecule has 0 radical (unpaired) electrons. The lowest BCUT2D eigenvalue weighted by molar-refractivity contribution is 0.512. The first-order valence-corrected chi connectivity index (χ1v) is 7.00. The lowest BCUT2D eigenvalue weighted by Gasteiger charge is -2.18. The number of rotatable bonds is 3. The zero-order chi connectivity index (χ0) is 14.8. The molecule has 2 aromatic carbocycles. The monoisotopic (exact) mass is 289 g/mol. The first-order valence-electron chi connectivity index (χ1n) is 7.00. The molecule has 0 bridgehead atoms. The van der Waals surface area contributed by atoms with Crippen molar-refractivity contribution >= 4 is 22.7 Å². The highest BCUT2D eigenvalue weighted by atomic mass is 19.2. The fraction of sp³-hybridized carbons (Fsp3) is 0.250. The number of nitrogens with one attached hydrogen (secondary N) is 1. The molecule has 0 saturated carbocycles. The maximum atomic E-state index is 13.7. The number of hydrogen-bond donors (Lipinski definition) is 2. The van der Waals surface area contributed by atoms with E-state index in [0.717, 1.165) is 24.8 Å². The van der Waals surface area contributed by atoms with Gasteiger partial charge < -0.3 is 16.0 Å². The summed E-state index contributed by atoms with van der Waals surface area (Å²) in [6, 6.07) is 10.0. The molecular weight excluding hydrogens is 272 g/mol. The van der Waals surface area contributed by atoms with Crippen molar-refractivity contribution in [3.05, 3.63) is 48.0 Å². The summed E-state index contributed by atoms with van der Waals surface area (Å²) in [5.41, 5.74) is 7.66. The van der Waals surface area contributed by atoms with Gasteiger partial charge in [0.25, 0.3) is 0 Å². The molecule has 2 aromatic rings. The second-order valence-corrected chi connectivity index (χ2v) is 5.19. The number of nitrogens with zero attached hydrogens (tertiary/aromatic N) is 1. The van der Waals surface area contributed by atoms with Crippen molar-refractivity contribution < 1.29 is 8.78 Å². The molecule has 0 amide bonds. The zero-order valence-corrected chi connectivity index (χ0v) is 11.6. The molecule has 0 atom stereocenters. The molecule has 1 saturated heterocycles. The summed E-state index contributed by atoms with van der Waals surface area (Å²) in [7, 11) is 0. The SMILES string of the molecule is Nc1ccc(F)c(F)c1Nc1ccc(N2CCCC2)cc1. The van der Waals surface area contributed by atoms with Gasteiger partial charge in [0.15, 0.2) is 11.6 Å². The predicted molar refractivity (Wildman–Crippen MR) is 81.9 cm³/mol. The average Bonchev–Trinajstić information content (AvgIpc) is 3.03.